The fourth-order valence-corrected chi connectivity index (χ4v) is 8.90. The number of benzene rings is 9. The van der Waals surface area contributed by atoms with Crippen molar-refractivity contribution in [3.8, 4) is 44.5 Å². The van der Waals surface area contributed by atoms with Crippen molar-refractivity contribution in [1.82, 2.24) is 0 Å². The normalized spacial score (nSPS) is 11.3. The van der Waals surface area contributed by atoms with E-state index < -0.39 is 0 Å². The second kappa shape index (κ2) is 13.7. The molecule has 0 atom stereocenters. The number of anilines is 3. The first-order chi connectivity index (χ1) is 26.8. The summed E-state index contributed by atoms with van der Waals surface area (Å²) in [7, 11) is 0. The minimum Gasteiger partial charge on any atom is -0.310 e. The number of fused-ring (bicyclic) bond motifs is 5. The third-order valence-corrected chi connectivity index (χ3v) is 11.6. The summed E-state index contributed by atoms with van der Waals surface area (Å²) in [4.78, 5) is 2.39. The summed E-state index contributed by atoms with van der Waals surface area (Å²) in [6.45, 7) is 0. The van der Waals surface area contributed by atoms with E-state index in [-0.39, 0.29) is 0 Å². The number of para-hydroxylation sites is 1. The molecule has 0 N–H and O–H groups in total. The van der Waals surface area contributed by atoms with E-state index in [0.717, 1.165) is 17.1 Å². The molecule has 0 spiro atoms. The first-order valence-corrected chi connectivity index (χ1v) is 19.2. The Bertz CT molecular complexity index is 2890. The molecule has 0 aliphatic carbocycles. The molecule has 0 bridgehead atoms. The molecular formula is C52H35NS. The topological polar surface area (TPSA) is 3.24 Å². The van der Waals surface area contributed by atoms with Crippen LogP contribution in [0.2, 0.25) is 0 Å². The van der Waals surface area contributed by atoms with Gasteiger partial charge in [0.25, 0.3) is 0 Å². The molecule has 0 aliphatic heterocycles. The average Bonchev–Trinajstić information content (AvgIpc) is 3.64. The lowest BCUT2D eigenvalue weighted by Gasteiger charge is -2.28. The van der Waals surface area contributed by atoms with Gasteiger partial charge >= 0.3 is 0 Å². The smallest absolute Gasteiger partial charge is 0.0540 e. The lowest BCUT2D eigenvalue weighted by molar-refractivity contribution is 1.28. The molecule has 10 rings (SSSR count). The van der Waals surface area contributed by atoms with Gasteiger partial charge in [-0.1, -0.05) is 164 Å². The molecule has 9 aromatic carbocycles. The zero-order chi connectivity index (χ0) is 35.8. The zero-order valence-electron chi connectivity index (χ0n) is 29.6. The van der Waals surface area contributed by atoms with Crippen LogP contribution < -0.4 is 4.90 Å². The van der Waals surface area contributed by atoms with E-state index in [1.54, 1.807) is 0 Å². The van der Waals surface area contributed by atoms with Crippen LogP contribution in [0.4, 0.5) is 17.1 Å². The second-order valence-corrected chi connectivity index (χ2v) is 14.8. The third kappa shape index (κ3) is 5.84. The van der Waals surface area contributed by atoms with E-state index in [4.69, 9.17) is 0 Å². The number of hydrogen-bond donors (Lipinski definition) is 0. The predicted octanol–water partition coefficient (Wildman–Crippen LogP) is 15.3. The summed E-state index contributed by atoms with van der Waals surface area (Å²) in [5.41, 5.74) is 12.9. The van der Waals surface area contributed by atoms with E-state index in [1.807, 2.05) is 11.3 Å². The molecule has 54 heavy (non-hydrogen) atoms. The summed E-state index contributed by atoms with van der Waals surface area (Å²) in [6, 6.07) is 77.0. The van der Waals surface area contributed by atoms with Crippen LogP contribution in [-0.4, -0.2) is 0 Å². The number of thiophene rings is 1. The van der Waals surface area contributed by atoms with Crippen molar-refractivity contribution in [1.29, 1.82) is 0 Å². The molecular weight excluding hydrogens is 671 g/mol. The Morgan fingerprint density at radius 1 is 0.315 bits per heavy atom. The van der Waals surface area contributed by atoms with Gasteiger partial charge in [0, 0.05) is 37.1 Å². The lowest BCUT2D eigenvalue weighted by atomic mass is 9.97. The summed E-state index contributed by atoms with van der Waals surface area (Å²) in [5.74, 6) is 0. The molecule has 0 aliphatic rings. The molecule has 0 radical (unpaired) electrons. The molecule has 0 saturated heterocycles. The van der Waals surface area contributed by atoms with Crippen molar-refractivity contribution in [2.24, 2.45) is 0 Å². The van der Waals surface area contributed by atoms with Crippen LogP contribution in [0.15, 0.2) is 212 Å². The lowest BCUT2D eigenvalue weighted by Crippen LogP contribution is -2.11. The maximum atomic E-state index is 2.39. The van der Waals surface area contributed by atoms with Crippen molar-refractivity contribution in [3.63, 3.8) is 0 Å². The molecule has 2 heteroatoms. The minimum atomic E-state index is 1.10. The summed E-state index contributed by atoms with van der Waals surface area (Å²) < 4.78 is 2.68. The van der Waals surface area contributed by atoms with Crippen LogP contribution >= 0.6 is 11.3 Å². The molecule has 10 aromatic rings. The molecule has 0 unspecified atom stereocenters. The fraction of sp³-hybridized carbons (Fsp3) is 0. The van der Waals surface area contributed by atoms with Crippen LogP contribution in [0.1, 0.15) is 0 Å². The standard InChI is InChI=1S/C52H35NS/c1-3-11-36(12-4-1)38-19-21-41(22-20-38)46-15-7-9-17-49(46)53(44-29-23-39(24-30-44)37-13-5-2-6-14-37)45-31-25-40(26-32-45)42-27-33-47-43(35-42)28-34-51-52(47)48-16-8-10-18-50(48)54-51/h1-35H. The highest BCUT2D eigenvalue weighted by atomic mass is 32.1. The Labute approximate surface area is 319 Å². The van der Waals surface area contributed by atoms with Gasteiger partial charge in [-0.15, -0.1) is 11.3 Å². The van der Waals surface area contributed by atoms with Gasteiger partial charge in [0.2, 0.25) is 0 Å². The van der Waals surface area contributed by atoms with Crippen LogP contribution in [-0.2, 0) is 0 Å². The molecule has 1 heterocycles. The van der Waals surface area contributed by atoms with E-state index in [0.29, 0.717) is 0 Å². The van der Waals surface area contributed by atoms with Crippen LogP contribution in [0.25, 0.3) is 75.5 Å². The van der Waals surface area contributed by atoms with Gasteiger partial charge in [0.15, 0.2) is 0 Å². The van der Waals surface area contributed by atoms with Gasteiger partial charge in [-0.3, -0.25) is 0 Å². The molecule has 1 nitrogen and oxygen atoms in total. The maximum Gasteiger partial charge on any atom is 0.0540 e. The Morgan fingerprint density at radius 3 is 1.48 bits per heavy atom. The Balaban J connectivity index is 1.05. The van der Waals surface area contributed by atoms with Gasteiger partial charge in [-0.25, -0.2) is 0 Å². The first-order valence-electron chi connectivity index (χ1n) is 18.4. The summed E-state index contributed by atoms with van der Waals surface area (Å²) >= 11 is 1.87. The van der Waals surface area contributed by atoms with E-state index in [9.17, 15) is 0 Å². The van der Waals surface area contributed by atoms with Gasteiger partial charge in [-0.05, 0) is 98.2 Å². The maximum absolute atomic E-state index is 2.39. The van der Waals surface area contributed by atoms with Crippen molar-refractivity contribution in [3.05, 3.63) is 212 Å². The minimum absolute atomic E-state index is 1.10. The first kappa shape index (κ1) is 32.0. The SMILES string of the molecule is c1ccc(-c2ccc(-c3ccccc3N(c3ccc(-c4ccccc4)cc3)c3ccc(-c4ccc5c(ccc6sc7ccccc7c65)c4)cc3)cc2)cc1. The fourth-order valence-electron chi connectivity index (χ4n) is 7.78. The highest BCUT2D eigenvalue weighted by Gasteiger charge is 2.18. The van der Waals surface area contributed by atoms with Crippen LogP contribution in [0, 0.1) is 0 Å². The van der Waals surface area contributed by atoms with Gasteiger partial charge in [0.1, 0.15) is 0 Å². The number of hydrogen-bond acceptors (Lipinski definition) is 2. The Hall–Kier alpha value is -6.74. The van der Waals surface area contributed by atoms with E-state index in [1.165, 1.54) is 75.5 Å². The highest BCUT2D eigenvalue weighted by Crippen LogP contribution is 2.43. The van der Waals surface area contributed by atoms with Crippen molar-refractivity contribution < 1.29 is 0 Å². The van der Waals surface area contributed by atoms with Crippen molar-refractivity contribution in [2.45, 2.75) is 0 Å². The quantitative estimate of drug-likeness (QED) is 0.160. The monoisotopic (exact) mass is 705 g/mol. The number of nitrogens with zero attached hydrogens (tertiary/aromatic N) is 1. The van der Waals surface area contributed by atoms with E-state index >= 15 is 0 Å². The van der Waals surface area contributed by atoms with Gasteiger partial charge < -0.3 is 4.90 Å². The molecule has 0 amide bonds. The summed E-state index contributed by atoms with van der Waals surface area (Å²) in [5, 5.41) is 5.27. The highest BCUT2D eigenvalue weighted by molar-refractivity contribution is 7.26. The second-order valence-electron chi connectivity index (χ2n) is 13.7. The van der Waals surface area contributed by atoms with Crippen molar-refractivity contribution in [2.75, 3.05) is 4.90 Å². The van der Waals surface area contributed by atoms with Gasteiger partial charge in [0.05, 0.1) is 5.69 Å². The third-order valence-electron chi connectivity index (χ3n) is 10.5. The van der Waals surface area contributed by atoms with E-state index in [2.05, 4.69) is 217 Å². The summed E-state index contributed by atoms with van der Waals surface area (Å²) in [6.07, 6.45) is 0. The molecule has 1 aromatic heterocycles. The largest absolute Gasteiger partial charge is 0.310 e. The Morgan fingerprint density at radius 2 is 0.815 bits per heavy atom. The average molecular weight is 706 g/mol. The predicted molar refractivity (Wildman–Crippen MR) is 233 cm³/mol. The molecule has 0 saturated carbocycles. The molecule has 254 valence electrons. The zero-order valence-corrected chi connectivity index (χ0v) is 30.4. The van der Waals surface area contributed by atoms with Gasteiger partial charge in [-0.2, -0.15) is 0 Å². The Kier molecular flexibility index (Phi) is 8.09. The van der Waals surface area contributed by atoms with Crippen molar-refractivity contribution >= 4 is 59.3 Å². The molecule has 0 fully saturated rings. The van der Waals surface area contributed by atoms with Crippen LogP contribution in [0.5, 0.6) is 0 Å². The van der Waals surface area contributed by atoms with Crippen LogP contribution in [0.3, 0.4) is 0 Å². The number of rotatable bonds is 7.